The highest BCUT2D eigenvalue weighted by molar-refractivity contribution is 5.98. The molecular weight excluding hydrogens is 332 g/mol. The minimum Gasteiger partial charge on any atom is -0.490 e. The molecule has 0 unspecified atom stereocenters. The molecule has 0 aromatic heterocycles. The molecule has 26 heavy (non-hydrogen) atoms. The SMILES string of the molecule is Cc1cccc(OCC(=O)Nc2ccc3c(c2)OCC(C)(C)C(=O)N3)c1. The average molecular weight is 354 g/mol. The Labute approximate surface area is 152 Å². The van der Waals surface area contributed by atoms with Crippen molar-refractivity contribution in [2.75, 3.05) is 23.8 Å². The van der Waals surface area contributed by atoms with E-state index >= 15 is 0 Å². The molecule has 0 aliphatic carbocycles. The van der Waals surface area contributed by atoms with Gasteiger partial charge in [-0.25, -0.2) is 0 Å². The summed E-state index contributed by atoms with van der Waals surface area (Å²) in [7, 11) is 0. The average Bonchev–Trinajstić information content (AvgIpc) is 2.70. The van der Waals surface area contributed by atoms with Gasteiger partial charge in [-0.2, -0.15) is 0 Å². The maximum absolute atomic E-state index is 12.1. The van der Waals surface area contributed by atoms with Gasteiger partial charge < -0.3 is 20.1 Å². The molecule has 1 aliphatic rings. The zero-order valence-electron chi connectivity index (χ0n) is 15.1. The molecule has 0 radical (unpaired) electrons. The molecule has 1 aliphatic heterocycles. The second-order valence-electron chi connectivity index (χ2n) is 6.99. The number of nitrogens with one attached hydrogen (secondary N) is 2. The molecule has 3 rings (SSSR count). The van der Waals surface area contributed by atoms with Gasteiger partial charge in [0, 0.05) is 11.8 Å². The Balaban J connectivity index is 1.63. The fraction of sp³-hybridized carbons (Fsp3) is 0.300. The van der Waals surface area contributed by atoms with E-state index in [0.29, 0.717) is 22.9 Å². The Morgan fingerprint density at radius 2 is 2.08 bits per heavy atom. The number of aryl methyl sites for hydroxylation is 1. The third-order valence-electron chi connectivity index (χ3n) is 4.08. The second-order valence-corrected chi connectivity index (χ2v) is 6.99. The van der Waals surface area contributed by atoms with Crippen LogP contribution in [0, 0.1) is 12.3 Å². The van der Waals surface area contributed by atoms with Crippen LogP contribution in [-0.4, -0.2) is 25.0 Å². The molecule has 6 nitrogen and oxygen atoms in total. The minimum atomic E-state index is -0.621. The Morgan fingerprint density at radius 3 is 2.85 bits per heavy atom. The van der Waals surface area contributed by atoms with Crippen LogP contribution in [0.1, 0.15) is 19.4 Å². The van der Waals surface area contributed by atoms with Crippen molar-refractivity contribution >= 4 is 23.2 Å². The van der Waals surface area contributed by atoms with Gasteiger partial charge in [0.1, 0.15) is 18.1 Å². The van der Waals surface area contributed by atoms with Crippen molar-refractivity contribution in [1.82, 2.24) is 0 Å². The van der Waals surface area contributed by atoms with E-state index in [1.165, 1.54) is 0 Å². The number of amides is 2. The molecule has 0 saturated heterocycles. The molecule has 0 saturated carbocycles. The summed E-state index contributed by atoms with van der Waals surface area (Å²) in [6, 6.07) is 12.6. The van der Waals surface area contributed by atoms with Gasteiger partial charge in [-0.3, -0.25) is 9.59 Å². The molecule has 0 spiro atoms. The number of ether oxygens (including phenoxy) is 2. The van der Waals surface area contributed by atoms with Gasteiger partial charge in [0.15, 0.2) is 6.61 Å². The van der Waals surface area contributed by atoms with E-state index in [9.17, 15) is 9.59 Å². The van der Waals surface area contributed by atoms with E-state index in [1.54, 1.807) is 24.3 Å². The van der Waals surface area contributed by atoms with E-state index in [2.05, 4.69) is 10.6 Å². The zero-order chi connectivity index (χ0) is 18.7. The van der Waals surface area contributed by atoms with E-state index in [4.69, 9.17) is 9.47 Å². The summed E-state index contributed by atoms with van der Waals surface area (Å²) in [6.07, 6.45) is 0. The summed E-state index contributed by atoms with van der Waals surface area (Å²) < 4.78 is 11.2. The number of anilines is 2. The van der Waals surface area contributed by atoms with Gasteiger partial charge in [-0.05, 0) is 50.6 Å². The Hall–Kier alpha value is -3.02. The molecule has 0 atom stereocenters. The topological polar surface area (TPSA) is 76.7 Å². The summed E-state index contributed by atoms with van der Waals surface area (Å²) in [5, 5.41) is 5.62. The van der Waals surface area contributed by atoms with Gasteiger partial charge in [-0.1, -0.05) is 12.1 Å². The first kappa shape index (κ1) is 17.8. The predicted octanol–water partition coefficient (Wildman–Crippen LogP) is 3.37. The van der Waals surface area contributed by atoms with Crippen molar-refractivity contribution in [1.29, 1.82) is 0 Å². The second kappa shape index (κ2) is 7.07. The standard InChI is InChI=1S/C20H22N2O4/c1-13-5-4-6-15(9-13)25-11-18(23)21-14-7-8-16-17(10-14)26-12-20(2,3)19(24)22-16/h4-10H,11-12H2,1-3H3,(H,21,23)(H,22,24). The number of carbonyl (C=O) groups is 2. The summed E-state index contributed by atoms with van der Waals surface area (Å²) in [4.78, 5) is 24.2. The van der Waals surface area contributed by atoms with E-state index in [1.807, 2.05) is 39.0 Å². The number of hydrogen-bond acceptors (Lipinski definition) is 4. The van der Waals surface area contributed by atoms with Crippen molar-refractivity contribution < 1.29 is 19.1 Å². The highest BCUT2D eigenvalue weighted by atomic mass is 16.5. The van der Waals surface area contributed by atoms with Crippen LogP contribution in [0.2, 0.25) is 0 Å². The third-order valence-corrected chi connectivity index (χ3v) is 4.08. The van der Waals surface area contributed by atoms with Crippen LogP contribution >= 0.6 is 0 Å². The van der Waals surface area contributed by atoms with Crippen molar-refractivity contribution in [2.45, 2.75) is 20.8 Å². The molecule has 1 heterocycles. The summed E-state index contributed by atoms with van der Waals surface area (Å²) in [6.45, 7) is 5.77. The van der Waals surface area contributed by atoms with Crippen molar-refractivity contribution in [3.8, 4) is 11.5 Å². The van der Waals surface area contributed by atoms with Crippen LogP contribution in [0.4, 0.5) is 11.4 Å². The molecule has 0 fully saturated rings. The normalized spacial score (nSPS) is 15.1. The highest BCUT2D eigenvalue weighted by Crippen LogP contribution is 2.34. The quantitative estimate of drug-likeness (QED) is 0.883. The Bertz CT molecular complexity index is 845. The van der Waals surface area contributed by atoms with Gasteiger partial charge in [0.2, 0.25) is 5.91 Å². The smallest absolute Gasteiger partial charge is 0.262 e. The van der Waals surface area contributed by atoms with Crippen molar-refractivity contribution in [2.24, 2.45) is 5.41 Å². The van der Waals surface area contributed by atoms with Gasteiger partial charge in [0.25, 0.3) is 5.91 Å². The van der Waals surface area contributed by atoms with Crippen LogP contribution in [0.25, 0.3) is 0 Å². The van der Waals surface area contributed by atoms with Gasteiger partial charge in [0.05, 0.1) is 11.1 Å². The van der Waals surface area contributed by atoms with E-state index < -0.39 is 5.41 Å². The molecule has 6 heteroatoms. The first-order chi connectivity index (χ1) is 12.3. The fourth-order valence-corrected chi connectivity index (χ4v) is 2.49. The molecule has 0 bridgehead atoms. The van der Waals surface area contributed by atoms with E-state index in [-0.39, 0.29) is 25.0 Å². The number of carbonyl (C=O) groups excluding carboxylic acids is 2. The molecule has 2 aromatic carbocycles. The largest absolute Gasteiger partial charge is 0.490 e. The molecule has 2 aromatic rings. The lowest BCUT2D eigenvalue weighted by atomic mass is 9.94. The lowest BCUT2D eigenvalue weighted by Gasteiger charge is -2.18. The summed E-state index contributed by atoms with van der Waals surface area (Å²) in [5.41, 5.74) is 1.62. The number of rotatable bonds is 4. The first-order valence-corrected chi connectivity index (χ1v) is 8.41. The molecule has 2 N–H and O–H groups in total. The van der Waals surface area contributed by atoms with Crippen LogP contribution in [0.3, 0.4) is 0 Å². The first-order valence-electron chi connectivity index (χ1n) is 8.41. The lowest BCUT2D eigenvalue weighted by molar-refractivity contribution is -0.125. The monoisotopic (exact) mass is 354 g/mol. The van der Waals surface area contributed by atoms with Crippen molar-refractivity contribution in [3.63, 3.8) is 0 Å². The molecular formula is C20H22N2O4. The van der Waals surface area contributed by atoms with Crippen LogP contribution in [-0.2, 0) is 9.59 Å². The van der Waals surface area contributed by atoms with E-state index in [0.717, 1.165) is 5.56 Å². The maximum Gasteiger partial charge on any atom is 0.262 e. The number of benzene rings is 2. The lowest BCUT2D eigenvalue weighted by Crippen LogP contribution is -2.33. The Kier molecular flexibility index (Phi) is 4.84. The van der Waals surface area contributed by atoms with Crippen LogP contribution in [0.15, 0.2) is 42.5 Å². The van der Waals surface area contributed by atoms with Gasteiger partial charge >= 0.3 is 0 Å². The molecule has 136 valence electrons. The maximum atomic E-state index is 12.1. The highest BCUT2D eigenvalue weighted by Gasteiger charge is 2.32. The number of fused-ring (bicyclic) bond motifs is 1. The van der Waals surface area contributed by atoms with Crippen molar-refractivity contribution in [3.05, 3.63) is 48.0 Å². The Morgan fingerprint density at radius 1 is 1.27 bits per heavy atom. The third kappa shape index (κ3) is 4.14. The predicted molar refractivity (Wildman–Crippen MR) is 99.7 cm³/mol. The summed E-state index contributed by atoms with van der Waals surface area (Å²) >= 11 is 0. The zero-order valence-corrected chi connectivity index (χ0v) is 15.1. The van der Waals surface area contributed by atoms with Crippen LogP contribution < -0.4 is 20.1 Å². The van der Waals surface area contributed by atoms with Gasteiger partial charge in [-0.15, -0.1) is 0 Å². The minimum absolute atomic E-state index is 0.0921. The summed E-state index contributed by atoms with van der Waals surface area (Å²) in [5.74, 6) is 0.806. The molecule has 2 amide bonds. The fourth-order valence-electron chi connectivity index (χ4n) is 2.49. The van der Waals surface area contributed by atoms with Crippen LogP contribution in [0.5, 0.6) is 11.5 Å². The number of hydrogen-bond donors (Lipinski definition) is 2.